The summed E-state index contributed by atoms with van der Waals surface area (Å²) in [6.45, 7) is 4.78. The monoisotopic (exact) mass is 366 g/mol. The van der Waals surface area contributed by atoms with E-state index in [9.17, 15) is 15.0 Å². The van der Waals surface area contributed by atoms with Crippen molar-refractivity contribution < 1.29 is 15.0 Å². The largest absolute Gasteiger partial charge is 0.480 e. The van der Waals surface area contributed by atoms with Gasteiger partial charge in [0.05, 0.1) is 6.10 Å². The first kappa shape index (κ1) is 18.8. The lowest BCUT2D eigenvalue weighted by molar-refractivity contribution is -0.144. The Hall–Kier alpha value is -0.950. The predicted molar refractivity (Wildman–Crippen MR) is 100 cm³/mol. The molecule has 3 rings (SSSR count). The van der Waals surface area contributed by atoms with Crippen LogP contribution in [0, 0.1) is 0 Å². The average Bonchev–Trinajstić information content (AvgIpc) is 3.24. The molecule has 1 aromatic rings. The predicted octanol–water partition coefficient (Wildman–Crippen LogP) is 2.58. The normalized spacial score (nSPS) is 23.8. The molecule has 2 N–H and O–H groups in total. The molecule has 2 aliphatic rings. The van der Waals surface area contributed by atoms with Gasteiger partial charge in [-0.3, -0.25) is 14.6 Å². The van der Waals surface area contributed by atoms with Crippen molar-refractivity contribution >= 4 is 17.3 Å². The highest BCUT2D eigenvalue weighted by molar-refractivity contribution is 7.11. The Morgan fingerprint density at radius 2 is 1.96 bits per heavy atom. The topological polar surface area (TPSA) is 64.0 Å². The zero-order chi connectivity index (χ0) is 17.6. The van der Waals surface area contributed by atoms with E-state index >= 15 is 0 Å². The summed E-state index contributed by atoms with van der Waals surface area (Å²) in [6.07, 6.45) is 6.42. The van der Waals surface area contributed by atoms with Crippen LogP contribution in [-0.2, 0) is 17.8 Å². The molecule has 0 amide bonds. The first-order chi connectivity index (χ1) is 12.1. The Bertz CT molecular complexity index is 557. The summed E-state index contributed by atoms with van der Waals surface area (Å²) in [5.74, 6) is -0.755. The van der Waals surface area contributed by atoms with Crippen molar-refractivity contribution in [2.45, 2.75) is 63.6 Å². The van der Waals surface area contributed by atoms with Gasteiger partial charge in [-0.2, -0.15) is 0 Å². The van der Waals surface area contributed by atoms with E-state index < -0.39 is 12.0 Å². The second-order valence-corrected chi connectivity index (χ2v) is 8.64. The maximum Gasteiger partial charge on any atom is 0.320 e. The van der Waals surface area contributed by atoms with Crippen molar-refractivity contribution in [1.82, 2.24) is 9.80 Å². The number of carboxylic acids is 1. The number of piperidine rings is 1. The fourth-order valence-corrected chi connectivity index (χ4v) is 5.10. The minimum atomic E-state index is -0.755. The van der Waals surface area contributed by atoms with E-state index in [0.717, 1.165) is 38.8 Å². The van der Waals surface area contributed by atoms with Crippen molar-refractivity contribution in [3.05, 3.63) is 21.9 Å². The number of aliphatic hydroxyl groups excluding tert-OH is 1. The van der Waals surface area contributed by atoms with Gasteiger partial charge in [0, 0.05) is 22.8 Å². The molecule has 0 aromatic carbocycles. The van der Waals surface area contributed by atoms with Crippen LogP contribution in [0.2, 0.25) is 0 Å². The van der Waals surface area contributed by atoms with Crippen LogP contribution in [0.5, 0.6) is 0 Å². The highest BCUT2D eigenvalue weighted by Crippen LogP contribution is 2.23. The maximum absolute atomic E-state index is 11.6. The van der Waals surface area contributed by atoms with Crippen LogP contribution in [0.4, 0.5) is 0 Å². The number of carboxylic acid groups (broad SMARTS) is 1. The highest BCUT2D eigenvalue weighted by atomic mass is 32.1. The van der Waals surface area contributed by atoms with Gasteiger partial charge < -0.3 is 10.2 Å². The molecular formula is C19H30N2O3S. The lowest BCUT2D eigenvalue weighted by atomic mass is 10.0. The second-order valence-electron chi connectivity index (χ2n) is 7.39. The Balaban J connectivity index is 1.45. The molecule has 25 heavy (non-hydrogen) atoms. The van der Waals surface area contributed by atoms with E-state index in [-0.39, 0.29) is 6.10 Å². The number of rotatable bonds is 8. The molecule has 0 saturated carbocycles. The third-order valence-electron chi connectivity index (χ3n) is 5.35. The summed E-state index contributed by atoms with van der Waals surface area (Å²) >= 11 is 1.87. The second kappa shape index (κ2) is 9.12. The fraction of sp³-hybridized carbons (Fsp3) is 0.737. The molecule has 6 heteroatoms. The van der Waals surface area contributed by atoms with Gasteiger partial charge in [0.15, 0.2) is 0 Å². The van der Waals surface area contributed by atoms with Gasteiger partial charge in [0.2, 0.25) is 0 Å². The molecule has 0 aliphatic carbocycles. The summed E-state index contributed by atoms with van der Waals surface area (Å²) in [5.41, 5.74) is 0. The number of aryl methyl sites for hydroxylation is 1. The molecule has 3 heterocycles. The van der Waals surface area contributed by atoms with Crippen molar-refractivity contribution in [3.63, 3.8) is 0 Å². The minimum Gasteiger partial charge on any atom is -0.480 e. The van der Waals surface area contributed by atoms with Crippen LogP contribution in [0.1, 0.15) is 48.3 Å². The van der Waals surface area contributed by atoms with E-state index in [1.807, 2.05) is 16.2 Å². The Labute approximate surface area is 154 Å². The molecule has 2 unspecified atom stereocenters. The third-order valence-corrected chi connectivity index (χ3v) is 6.48. The Kier molecular flexibility index (Phi) is 6.87. The zero-order valence-electron chi connectivity index (χ0n) is 14.9. The first-order valence-corrected chi connectivity index (χ1v) is 10.4. The van der Waals surface area contributed by atoms with Gasteiger partial charge in [0.1, 0.15) is 6.04 Å². The number of β-amino-alcohol motifs (C(OH)–C–C–N with tert-alkyl or cyclic N) is 1. The van der Waals surface area contributed by atoms with E-state index in [2.05, 4.69) is 17.0 Å². The van der Waals surface area contributed by atoms with E-state index in [4.69, 9.17) is 0 Å². The van der Waals surface area contributed by atoms with Crippen LogP contribution in [0.15, 0.2) is 12.1 Å². The van der Waals surface area contributed by atoms with E-state index in [0.29, 0.717) is 13.0 Å². The smallest absolute Gasteiger partial charge is 0.320 e. The minimum absolute atomic E-state index is 0.374. The van der Waals surface area contributed by atoms with Crippen molar-refractivity contribution in [3.8, 4) is 0 Å². The zero-order valence-corrected chi connectivity index (χ0v) is 15.7. The van der Waals surface area contributed by atoms with Crippen LogP contribution in [0.3, 0.4) is 0 Å². The first-order valence-electron chi connectivity index (χ1n) is 9.56. The van der Waals surface area contributed by atoms with E-state index in [1.165, 1.54) is 35.7 Å². The van der Waals surface area contributed by atoms with Crippen LogP contribution < -0.4 is 0 Å². The number of aliphatic carboxylic acids is 1. The molecule has 2 aliphatic heterocycles. The summed E-state index contributed by atoms with van der Waals surface area (Å²) in [5, 5.41) is 19.3. The average molecular weight is 367 g/mol. The number of likely N-dealkylation sites (tertiary alicyclic amines) is 2. The summed E-state index contributed by atoms with van der Waals surface area (Å²) in [6, 6.07) is 3.98. The van der Waals surface area contributed by atoms with Crippen LogP contribution in [0.25, 0.3) is 0 Å². The molecule has 2 fully saturated rings. The summed E-state index contributed by atoms with van der Waals surface area (Å²) in [4.78, 5) is 18.9. The molecule has 0 bridgehead atoms. The molecule has 2 saturated heterocycles. The lowest BCUT2D eigenvalue weighted by Gasteiger charge is -2.34. The number of carbonyl (C=O) groups is 1. The number of hydrogen-bond acceptors (Lipinski definition) is 5. The molecule has 140 valence electrons. The van der Waals surface area contributed by atoms with Gasteiger partial charge in [-0.05, 0) is 76.7 Å². The standard InChI is InChI=1S/C19H30N2O3S/c22-15-5-4-12-21(13-15)18(19(23)24)7-3-6-16-8-9-17(25-16)14-20-10-1-2-11-20/h8-9,15,18,22H,1-7,10-14H2,(H,23,24). The Morgan fingerprint density at radius 1 is 1.20 bits per heavy atom. The third kappa shape index (κ3) is 5.51. The number of hydrogen-bond donors (Lipinski definition) is 2. The molecule has 1 aromatic heterocycles. The molecular weight excluding hydrogens is 336 g/mol. The van der Waals surface area contributed by atoms with Crippen molar-refractivity contribution in [1.29, 1.82) is 0 Å². The molecule has 2 atom stereocenters. The Morgan fingerprint density at radius 3 is 2.68 bits per heavy atom. The van der Waals surface area contributed by atoms with Gasteiger partial charge in [-0.15, -0.1) is 11.3 Å². The lowest BCUT2D eigenvalue weighted by Crippen LogP contribution is -2.48. The SMILES string of the molecule is O=C(O)C(CCCc1ccc(CN2CCCC2)s1)N1CCCC(O)C1. The van der Waals surface area contributed by atoms with Gasteiger partial charge in [0.25, 0.3) is 0 Å². The van der Waals surface area contributed by atoms with Gasteiger partial charge in [-0.1, -0.05) is 0 Å². The highest BCUT2D eigenvalue weighted by Gasteiger charge is 2.29. The summed E-state index contributed by atoms with van der Waals surface area (Å²) in [7, 11) is 0. The number of nitrogens with zero attached hydrogens (tertiary/aromatic N) is 2. The molecule has 0 radical (unpaired) electrons. The maximum atomic E-state index is 11.6. The number of aliphatic hydroxyl groups is 1. The van der Waals surface area contributed by atoms with Crippen molar-refractivity contribution in [2.75, 3.05) is 26.2 Å². The van der Waals surface area contributed by atoms with Gasteiger partial charge in [-0.25, -0.2) is 0 Å². The quantitative estimate of drug-likeness (QED) is 0.740. The molecule has 5 nitrogen and oxygen atoms in total. The van der Waals surface area contributed by atoms with Crippen LogP contribution in [-0.4, -0.2) is 64.3 Å². The van der Waals surface area contributed by atoms with Crippen LogP contribution >= 0.6 is 11.3 Å². The molecule has 0 spiro atoms. The summed E-state index contributed by atoms with van der Waals surface area (Å²) < 4.78 is 0. The van der Waals surface area contributed by atoms with E-state index in [1.54, 1.807) is 0 Å². The number of thiophene rings is 1. The van der Waals surface area contributed by atoms with Crippen molar-refractivity contribution in [2.24, 2.45) is 0 Å². The fourth-order valence-electron chi connectivity index (χ4n) is 4.00. The van der Waals surface area contributed by atoms with Gasteiger partial charge >= 0.3 is 5.97 Å².